The maximum absolute atomic E-state index is 7.00. The number of aliphatic hydroxyl groups is 1. The predicted molar refractivity (Wildman–Crippen MR) is 172 cm³/mol. The van der Waals surface area contributed by atoms with E-state index in [1.54, 1.807) is 0 Å². The maximum Gasteiger partial charge on any atom is 0.515 e. The van der Waals surface area contributed by atoms with Crippen molar-refractivity contribution in [1.82, 2.24) is 0 Å². The highest BCUT2D eigenvalue weighted by molar-refractivity contribution is 15.0. The Hall–Kier alpha value is 2.58. The van der Waals surface area contributed by atoms with Crippen LogP contribution in [0.25, 0.3) is 0 Å². The SMILES string of the molecule is CCC([Si](OC)(OC)OC)([Si](OC)(OC)OC)[Si](OC)(OC)OC.CO.II.[SiH3]C([SiH3])([SiH3])[SiH3]. The van der Waals surface area contributed by atoms with Gasteiger partial charge < -0.3 is 44.9 Å². The third-order valence-electron chi connectivity index (χ3n) is 4.52. The Morgan fingerprint density at radius 3 is 0.727 bits per heavy atom. The molecule has 0 saturated carbocycles. The number of aliphatic hydroxyl groups excluding tert-OH is 1. The zero-order valence-corrected chi connectivity index (χ0v) is 38.4. The standard InChI is InChI=1S/C12H32O9Si3.CH4O.CH12Si4.I2/c1-11-12(22(13-2,14-3)15-4,23(16-5,17-6)18-7)24(19-8,20-9)21-10;1-2;2-1(3,4)5;1-2/h11H2,1-10H3;2H,1H3;2-5H3;. The smallest absolute Gasteiger partial charge is 0.400 e. The maximum atomic E-state index is 7.00. The quantitative estimate of drug-likeness (QED) is 0.162. The third kappa shape index (κ3) is 10.3. The van der Waals surface area contributed by atoms with E-state index in [-0.39, 0.29) is 0 Å². The van der Waals surface area contributed by atoms with Gasteiger partial charge in [-0.2, -0.15) is 0 Å². The van der Waals surface area contributed by atoms with E-state index in [0.29, 0.717) is 6.42 Å². The van der Waals surface area contributed by atoms with Crippen LogP contribution in [0.2, 0.25) is 8.19 Å². The van der Waals surface area contributed by atoms with Crippen LogP contribution >= 0.6 is 37.2 Å². The highest BCUT2D eigenvalue weighted by Crippen LogP contribution is 2.57. The summed E-state index contributed by atoms with van der Waals surface area (Å²) in [7, 11) is 9.95. The summed E-state index contributed by atoms with van der Waals surface area (Å²) in [5.74, 6) is 0. The van der Waals surface area contributed by atoms with Crippen LogP contribution in [-0.4, -0.2) is 144 Å². The van der Waals surface area contributed by atoms with Crippen LogP contribution < -0.4 is 0 Å². The van der Waals surface area contributed by atoms with Gasteiger partial charge in [0, 0.05) is 108 Å². The van der Waals surface area contributed by atoms with Crippen LogP contribution in [0.5, 0.6) is 0 Å². The van der Waals surface area contributed by atoms with Gasteiger partial charge in [-0.1, -0.05) is 10.8 Å². The number of hydrogen-bond donors (Lipinski definition) is 1. The Morgan fingerprint density at radius 2 is 0.667 bits per heavy atom. The van der Waals surface area contributed by atoms with Gasteiger partial charge in [-0.3, -0.25) is 0 Å². The fourth-order valence-electron chi connectivity index (χ4n) is 3.53. The highest BCUT2D eigenvalue weighted by atomic mass is 128. The van der Waals surface area contributed by atoms with Crippen molar-refractivity contribution in [1.29, 1.82) is 0 Å². The van der Waals surface area contributed by atoms with Crippen molar-refractivity contribution in [2.24, 2.45) is 0 Å². The lowest BCUT2D eigenvalue weighted by atomic mass is 10.5. The molecule has 0 bridgehead atoms. The fraction of sp³-hybridized carbons (Fsp3) is 1.00. The van der Waals surface area contributed by atoms with Gasteiger partial charge in [0.05, 0.1) is 0 Å². The van der Waals surface area contributed by atoms with Crippen LogP contribution in [0.3, 0.4) is 0 Å². The summed E-state index contributed by atoms with van der Waals surface area (Å²) < 4.78 is 52.1. The summed E-state index contributed by atoms with van der Waals surface area (Å²) in [6, 6.07) is 0. The van der Waals surface area contributed by atoms with Crippen molar-refractivity contribution in [2.75, 3.05) is 71.1 Å². The van der Waals surface area contributed by atoms with E-state index >= 15 is 0 Å². The molecule has 19 heteroatoms. The Kier molecular flexibility index (Phi) is 27.8. The van der Waals surface area contributed by atoms with E-state index in [2.05, 4.69) is 37.2 Å². The Balaban J connectivity index is -0.000000401. The van der Waals surface area contributed by atoms with E-state index in [1.807, 2.05) is 6.92 Å². The molecule has 0 atom stereocenters. The van der Waals surface area contributed by atoms with E-state index in [4.69, 9.17) is 44.9 Å². The molecule has 0 heterocycles. The molecule has 10 nitrogen and oxygen atoms in total. The molecule has 0 unspecified atom stereocenters. The normalized spacial score (nSPS) is 14.4. The first kappa shape index (κ1) is 42.7. The fourth-order valence-corrected chi connectivity index (χ4v) is 19.5. The molecule has 1 N–H and O–H groups in total. The summed E-state index contributed by atoms with van der Waals surface area (Å²) in [5.41, 5.74) is 0. The largest absolute Gasteiger partial charge is 0.515 e. The molecule has 0 saturated heterocycles. The molecule has 0 aliphatic rings. The Bertz CT molecular complexity index is 373. The molecule has 0 amide bonds. The average Bonchev–Trinajstić information content (AvgIpc) is 2.83. The average molecular weight is 827 g/mol. The molecule has 0 spiro atoms. The van der Waals surface area contributed by atoms with E-state index in [1.165, 1.54) is 105 Å². The van der Waals surface area contributed by atoms with Crippen molar-refractivity contribution in [3.8, 4) is 0 Å². The molecule has 0 aromatic heterocycles. The second-order valence-corrected chi connectivity index (χ2v) is 42.8. The summed E-state index contributed by atoms with van der Waals surface area (Å²) in [6.45, 7) is 1.91. The molecule has 0 fully saturated rings. The molecule has 0 aromatic carbocycles. The number of hydrogen-bond acceptors (Lipinski definition) is 10. The second kappa shape index (κ2) is 21.5. The van der Waals surface area contributed by atoms with E-state index < -0.39 is 30.7 Å². The van der Waals surface area contributed by atoms with Gasteiger partial charge in [0.2, 0.25) is 0 Å². The van der Waals surface area contributed by atoms with Crippen molar-refractivity contribution in [3.63, 3.8) is 0 Å². The van der Waals surface area contributed by atoms with Crippen molar-refractivity contribution in [2.45, 2.75) is 21.5 Å². The molecule has 206 valence electrons. The van der Waals surface area contributed by atoms with Gasteiger partial charge in [-0.25, -0.2) is 0 Å². The van der Waals surface area contributed by atoms with Crippen LogP contribution in [0.1, 0.15) is 13.3 Å². The third-order valence-corrected chi connectivity index (χ3v) is 19.1. The Morgan fingerprint density at radius 1 is 0.545 bits per heavy atom. The van der Waals surface area contributed by atoms with Gasteiger partial charge in [0.25, 0.3) is 0 Å². The summed E-state index contributed by atoms with van der Waals surface area (Å²) in [6.07, 6.45) is 0.401. The van der Waals surface area contributed by atoms with Gasteiger partial charge in [-0.15, -0.1) is 0 Å². The molecule has 0 aliphatic heterocycles. The lowest BCUT2D eigenvalue weighted by molar-refractivity contribution is 0.0307. The first-order valence-corrected chi connectivity index (χ1v) is 25.4. The van der Waals surface area contributed by atoms with Gasteiger partial charge >= 0.3 is 26.4 Å². The number of rotatable bonds is 13. The van der Waals surface area contributed by atoms with Crippen LogP contribution in [-0.2, 0) is 39.8 Å². The number of halogens is 2. The van der Waals surface area contributed by atoms with Gasteiger partial charge in [0.15, 0.2) is 4.28 Å². The van der Waals surface area contributed by atoms with Gasteiger partial charge in [0.1, 0.15) is 0 Å². The summed E-state index contributed by atoms with van der Waals surface area (Å²) in [5, 5.41) is 7.00. The lowest BCUT2D eigenvalue weighted by Crippen LogP contribution is -2.80. The molecule has 0 radical (unpaired) electrons. The lowest BCUT2D eigenvalue weighted by Gasteiger charge is -2.53. The second-order valence-electron chi connectivity index (χ2n) is 7.76. The van der Waals surface area contributed by atoms with Crippen LogP contribution in [0.4, 0.5) is 0 Å². The van der Waals surface area contributed by atoms with Crippen LogP contribution in [0.15, 0.2) is 0 Å². The monoisotopic (exact) mass is 826 g/mol. The highest BCUT2D eigenvalue weighted by Gasteiger charge is 2.87. The van der Waals surface area contributed by atoms with Crippen LogP contribution in [0, 0.1) is 0 Å². The topological polar surface area (TPSA) is 103 Å². The van der Waals surface area contributed by atoms with Crippen molar-refractivity contribution in [3.05, 3.63) is 0 Å². The molecule has 33 heavy (non-hydrogen) atoms. The molecular formula is C14H48I2O10Si7. The zero-order valence-electron chi connectivity index (χ0n) is 23.1. The van der Waals surface area contributed by atoms with Crippen molar-refractivity contribution >= 4 is 105 Å². The van der Waals surface area contributed by atoms with E-state index in [9.17, 15) is 0 Å². The molecule has 0 aliphatic carbocycles. The Labute approximate surface area is 240 Å². The first-order chi connectivity index (χ1) is 15.4. The minimum Gasteiger partial charge on any atom is -0.400 e. The molecule has 0 rings (SSSR count). The van der Waals surface area contributed by atoms with Crippen molar-refractivity contribution < 1.29 is 44.9 Å². The summed E-state index contributed by atoms with van der Waals surface area (Å²) in [4.78, 5) is 0. The molecule has 0 aromatic rings. The summed E-state index contributed by atoms with van der Waals surface area (Å²) >= 11 is 4.24. The zero-order chi connectivity index (χ0) is 27.6. The predicted octanol–water partition coefficient (Wildman–Crippen LogP) is -2.29. The van der Waals surface area contributed by atoms with E-state index in [0.717, 1.165) is 11.0 Å². The van der Waals surface area contributed by atoms with Gasteiger partial charge in [-0.05, 0) is 47.4 Å². The minimum atomic E-state index is -3.52. The minimum absolute atomic E-state index is 0.401. The molecular weight excluding hydrogens is 779 g/mol. The first-order valence-electron chi connectivity index (χ1n) is 9.91.